The van der Waals surface area contributed by atoms with Crippen molar-refractivity contribution in [1.29, 1.82) is 5.26 Å². The Bertz CT molecular complexity index is 1250. The Morgan fingerprint density at radius 1 is 1.39 bits per heavy atom. The van der Waals surface area contributed by atoms with Crippen LogP contribution in [0, 0.1) is 18.3 Å². The maximum absolute atomic E-state index is 12.7. The van der Waals surface area contributed by atoms with Crippen LogP contribution in [0.15, 0.2) is 11.1 Å². The smallest absolute Gasteiger partial charge is 0.346 e. The normalized spacial score (nSPS) is 12.7. The van der Waals surface area contributed by atoms with Crippen molar-refractivity contribution in [2.24, 2.45) is 0 Å². The van der Waals surface area contributed by atoms with Crippen LogP contribution in [-0.2, 0) is 24.2 Å². The quantitative estimate of drug-likeness (QED) is 0.676. The van der Waals surface area contributed by atoms with Gasteiger partial charge in [0.05, 0.1) is 17.3 Å². The summed E-state index contributed by atoms with van der Waals surface area (Å²) in [5.74, 6) is -1.55. The Kier molecular flexibility index (Phi) is 4.49. The van der Waals surface area contributed by atoms with E-state index in [-0.39, 0.29) is 16.8 Å². The van der Waals surface area contributed by atoms with E-state index in [0.717, 1.165) is 45.6 Å². The molecular formula is C18H14N4O4S2. The van der Waals surface area contributed by atoms with Crippen LogP contribution >= 0.6 is 22.7 Å². The first-order chi connectivity index (χ1) is 13.4. The second-order valence-corrected chi connectivity index (χ2v) is 8.54. The zero-order chi connectivity index (χ0) is 20.0. The van der Waals surface area contributed by atoms with Crippen LogP contribution in [0.4, 0.5) is 5.00 Å². The number of hydrogen-bond donors (Lipinski definition) is 2. The molecule has 8 nitrogen and oxygen atoms in total. The summed E-state index contributed by atoms with van der Waals surface area (Å²) in [6.07, 6.45) is 4.01. The van der Waals surface area contributed by atoms with Crippen LogP contribution < -0.4 is 10.9 Å². The Hall–Kier alpha value is -3.03. The molecule has 0 aromatic carbocycles. The summed E-state index contributed by atoms with van der Waals surface area (Å²) in [4.78, 5) is 42.1. The van der Waals surface area contributed by atoms with Crippen LogP contribution in [0.2, 0.25) is 0 Å². The minimum atomic E-state index is -1.11. The lowest BCUT2D eigenvalue weighted by Gasteiger charge is -2.07. The molecule has 3 aromatic rings. The number of amides is 1. The van der Waals surface area contributed by atoms with Gasteiger partial charge >= 0.3 is 5.97 Å². The fourth-order valence-corrected chi connectivity index (χ4v) is 5.64. The van der Waals surface area contributed by atoms with E-state index in [1.54, 1.807) is 6.92 Å². The third-order valence-electron chi connectivity index (χ3n) is 4.71. The average Bonchev–Trinajstić information content (AvgIpc) is 3.30. The molecule has 28 heavy (non-hydrogen) atoms. The lowest BCUT2D eigenvalue weighted by molar-refractivity contribution is -0.116. The number of carbonyl (C=O) groups is 2. The molecule has 0 saturated carbocycles. The van der Waals surface area contributed by atoms with Crippen molar-refractivity contribution in [1.82, 2.24) is 9.55 Å². The number of aromatic carboxylic acids is 1. The number of anilines is 1. The number of nitriles is 1. The molecule has 0 radical (unpaired) electrons. The summed E-state index contributed by atoms with van der Waals surface area (Å²) >= 11 is 2.34. The van der Waals surface area contributed by atoms with Crippen molar-refractivity contribution in [2.45, 2.75) is 32.7 Å². The van der Waals surface area contributed by atoms with Crippen molar-refractivity contribution in [2.75, 3.05) is 5.32 Å². The van der Waals surface area contributed by atoms with Gasteiger partial charge in [0.15, 0.2) is 0 Å². The zero-order valence-corrected chi connectivity index (χ0v) is 16.4. The number of hydrogen-bond acceptors (Lipinski definition) is 7. The van der Waals surface area contributed by atoms with Gasteiger partial charge in [-0.1, -0.05) is 0 Å². The Labute approximate surface area is 166 Å². The number of rotatable bonds is 4. The maximum atomic E-state index is 12.7. The summed E-state index contributed by atoms with van der Waals surface area (Å²) < 4.78 is 1.15. The summed E-state index contributed by atoms with van der Waals surface area (Å²) in [5.41, 5.74) is 1.40. The number of thiophene rings is 2. The minimum Gasteiger partial charge on any atom is -0.477 e. The van der Waals surface area contributed by atoms with Gasteiger partial charge in [0.25, 0.3) is 5.56 Å². The number of carbonyl (C=O) groups excluding carboxylic acids is 1. The largest absolute Gasteiger partial charge is 0.477 e. The maximum Gasteiger partial charge on any atom is 0.346 e. The number of nitrogens with one attached hydrogen (secondary N) is 1. The lowest BCUT2D eigenvalue weighted by Crippen LogP contribution is -2.27. The molecule has 3 heterocycles. The van der Waals surface area contributed by atoms with Gasteiger partial charge in [-0.15, -0.1) is 22.7 Å². The second kappa shape index (κ2) is 6.85. The first kappa shape index (κ1) is 18.3. The van der Waals surface area contributed by atoms with Gasteiger partial charge in [0.2, 0.25) is 5.91 Å². The van der Waals surface area contributed by atoms with E-state index < -0.39 is 17.4 Å². The highest BCUT2D eigenvalue weighted by molar-refractivity contribution is 7.20. The first-order valence-electron chi connectivity index (χ1n) is 8.47. The van der Waals surface area contributed by atoms with Gasteiger partial charge in [0.1, 0.15) is 27.3 Å². The van der Waals surface area contributed by atoms with E-state index in [4.69, 9.17) is 0 Å². The molecule has 0 atom stereocenters. The summed E-state index contributed by atoms with van der Waals surface area (Å²) in [6, 6.07) is 2.16. The fourth-order valence-electron chi connectivity index (χ4n) is 3.41. The third-order valence-corrected chi connectivity index (χ3v) is 7.11. The van der Waals surface area contributed by atoms with Crippen molar-refractivity contribution in [3.63, 3.8) is 0 Å². The van der Waals surface area contributed by atoms with E-state index in [9.17, 15) is 24.8 Å². The third kappa shape index (κ3) is 2.89. The van der Waals surface area contributed by atoms with Crippen molar-refractivity contribution < 1.29 is 14.7 Å². The number of nitrogens with zero attached hydrogens (tertiary/aromatic N) is 3. The second-order valence-electron chi connectivity index (χ2n) is 6.44. The molecule has 10 heteroatoms. The van der Waals surface area contributed by atoms with Gasteiger partial charge in [-0.2, -0.15) is 5.26 Å². The molecule has 3 aromatic heterocycles. The van der Waals surface area contributed by atoms with Gasteiger partial charge in [-0.05, 0) is 37.3 Å². The van der Waals surface area contributed by atoms with E-state index in [1.165, 1.54) is 17.7 Å². The molecule has 142 valence electrons. The van der Waals surface area contributed by atoms with Crippen LogP contribution in [0.5, 0.6) is 0 Å². The van der Waals surface area contributed by atoms with E-state index in [0.29, 0.717) is 21.0 Å². The lowest BCUT2D eigenvalue weighted by atomic mass is 10.1. The molecule has 0 bridgehead atoms. The fraction of sp³-hybridized carbons (Fsp3) is 0.278. The van der Waals surface area contributed by atoms with Crippen LogP contribution in [0.25, 0.3) is 10.2 Å². The standard InChI is InChI=1S/C18H14N4O4S2/c1-8-13-16(28-14(8)18(25)26)20-7-22(17(13)24)6-12(23)21-15-10(5-19)9-3-2-4-11(9)27-15/h7H,2-4,6H2,1H3,(H,21,23)(H,25,26). The van der Waals surface area contributed by atoms with Crippen LogP contribution in [0.1, 0.15) is 37.7 Å². The topological polar surface area (TPSA) is 125 Å². The Balaban J connectivity index is 1.62. The molecule has 1 aliphatic rings. The molecule has 1 aliphatic carbocycles. The van der Waals surface area contributed by atoms with Gasteiger partial charge in [-0.3, -0.25) is 14.2 Å². The molecule has 0 fully saturated rings. The average molecular weight is 414 g/mol. The number of aromatic nitrogens is 2. The van der Waals surface area contributed by atoms with Crippen molar-refractivity contribution in [3.05, 3.63) is 43.1 Å². The van der Waals surface area contributed by atoms with Crippen LogP contribution in [-0.4, -0.2) is 26.5 Å². The molecule has 2 N–H and O–H groups in total. The number of fused-ring (bicyclic) bond motifs is 2. The van der Waals surface area contributed by atoms with E-state index >= 15 is 0 Å². The molecule has 0 spiro atoms. The first-order valence-corrected chi connectivity index (χ1v) is 10.1. The van der Waals surface area contributed by atoms with E-state index in [2.05, 4.69) is 16.4 Å². The van der Waals surface area contributed by atoms with Crippen molar-refractivity contribution in [3.8, 4) is 6.07 Å². The highest BCUT2D eigenvalue weighted by atomic mass is 32.1. The molecule has 0 aliphatic heterocycles. The van der Waals surface area contributed by atoms with Gasteiger partial charge in [0, 0.05) is 4.88 Å². The minimum absolute atomic E-state index is 0.0635. The Morgan fingerprint density at radius 2 is 2.18 bits per heavy atom. The molecule has 0 saturated heterocycles. The number of carboxylic acid groups (broad SMARTS) is 1. The van der Waals surface area contributed by atoms with Gasteiger partial charge in [-0.25, -0.2) is 9.78 Å². The highest BCUT2D eigenvalue weighted by Crippen LogP contribution is 2.38. The predicted molar refractivity (Wildman–Crippen MR) is 105 cm³/mol. The van der Waals surface area contributed by atoms with Crippen molar-refractivity contribution >= 4 is 49.8 Å². The zero-order valence-electron chi connectivity index (χ0n) is 14.7. The predicted octanol–water partition coefficient (Wildman–Crippen LogP) is 2.53. The molecule has 0 unspecified atom stereocenters. The number of aryl methyl sites for hydroxylation is 2. The Morgan fingerprint density at radius 3 is 2.89 bits per heavy atom. The van der Waals surface area contributed by atoms with E-state index in [1.807, 2.05) is 0 Å². The van der Waals surface area contributed by atoms with Gasteiger partial charge < -0.3 is 10.4 Å². The monoisotopic (exact) mass is 414 g/mol. The number of carboxylic acids is 1. The van der Waals surface area contributed by atoms with Crippen LogP contribution in [0.3, 0.4) is 0 Å². The molecule has 1 amide bonds. The summed E-state index contributed by atoms with van der Waals surface area (Å²) in [7, 11) is 0. The summed E-state index contributed by atoms with van der Waals surface area (Å²) in [6.45, 7) is 1.29. The molecular weight excluding hydrogens is 400 g/mol. The molecule has 4 rings (SSSR count). The summed E-state index contributed by atoms with van der Waals surface area (Å²) in [5, 5.41) is 22.1. The SMILES string of the molecule is Cc1c(C(=O)O)sc2ncn(CC(=O)Nc3sc4c(c3C#N)CCC4)c(=O)c12. The highest BCUT2D eigenvalue weighted by Gasteiger charge is 2.24.